The fourth-order valence-electron chi connectivity index (χ4n) is 13.3. The molecule has 0 fully saturated rings. The molecular formula is C85H166O17P2. The van der Waals surface area contributed by atoms with Crippen molar-refractivity contribution in [2.75, 3.05) is 39.6 Å². The van der Waals surface area contributed by atoms with Gasteiger partial charge in [-0.1, -0.05) is 407 Å². The highest BCUT2D eigenvalue weighted by atomic mass is 31.2. The van der Waals surface area contributed by atoms with E-state index in [2.05, 4.69) is 34.6 Å². The lowest BCUT2D eigenvalue weighted by atomic mass is 10.00. The Labute approximate surface area is 638 Å². The molecule has 0 amide bonds. The maximum absolute atomic E-state index is 13.1. The molecule has 0 heterocycles. The average molecular weight is 1520 g/mol. The number of carbonyl (C=O) groups excluding carboxylic acids is 4. The molecule has 0 aliphatic rings. The summed E-state index contributed by atoms with van der Waals surface area (Å²) >= 11 is 0. The number of ether oxygens (including phenoxy) is 4. The molecule has 0 spiro atoms. The van der Waals surface area contributed by atoms with E-state index >= 15 is 0 Å². The Morgan fingerprint density at radius 2 is 0.462 bits per heavy atom. The van der Waals surface area contributed by atoms with Crippen LogP contribution in [-0.2, 0) is 65.4 Å². The van der Waals surface area contributed by atoms with Gasteiger partial charge in [0, 0.05) is 25.7 Å². The molecule has 0 saturated carbocycles. The van der Waals surface area contributed by atoms with Gasteiger partial charge in [0.05, 0.1) is 26.4 Å². The number of unbranched alkanes of at least 4 members (excludes halogenated alkanes) is 56. The second-order valence-corrected chi connectivity index (χ2v) is 33.7. The molecule has 3 N–H and O–H groups in total. The number of aliphatic hydroxyl groups excluding tert-OH is 1. The van der Waals surface area contributed by atoms with E-state index in [0.29, 0.717) is 25.7 Å². The second-order valence-electron chi connectivity index (χ2n) is 30.8. The SMILES string of the molecule is CCCCCCCCCCCCCCCCCCCCCCCCC(=O)O[C@H](COC(=O)CCCCCCCCCCCCCCCCCC)COP(=O)(O)OC[C@@H](O)COP(=O)(O)OC[C@@H](COC(=O)CCCCCCCCC(C)CC)OC(=O)CCCCCCCCCCCCCCCCCC. The third kappa shape index (κ3) is 76.8. The topological polar surface area (TPSA) is 237 Å². The summed E-state index contributed by atoms with van der Waals surface area (Å²) in [4.78, 5) is 73.2. The van der Waals surface area contributed by atoms with Crippen LogP contribution < -0.4 is 0 Å². The molecule has 0 aromatic heterocycles. The number of phosphoric acid groups is 2. The first-order valence-electron chi connectivity index (χ1n) is 44.2. The monoisotopic (exact) mass is 1520 g/mol. The predicted molar refractivity (Wildman–Crippen MR) is 428 cm³/mol. The molecule has 0 radical (unpaired) electrons. The molecule has 3 unspecified atom stereocenters. The van der Waals surface area contributed by atoms with E-state index in [9.17, 15) is 43.2 Å². The lowest BCUT2D eigenvalue weighted by Crippen LogP contribution is -2.30. The van der Waals surface area contributed by atoms with Crippen LogP contribution in [0.3, 0.4) is 0 Å². The summed E-state index contributed by atoms with van der Waals surface area (Å²) in [6.07, 6.45) is 70.9. The number of phosphoric ester groups is 2. The van der Waals surface area contributed by atoms with Crippen LogP contribution in [0.1, 0.15) is 458 Å². The highest BCUT2D eigenvalue weighted by Crippen LogP contribution is 2.45. The van der Waals surface area contributed by atoms with Crippen molar-refractivity contribution < 1.29 is 80.2 Å². The molecule has 104 heavy (non-hydrogen) atoms. The van der Waals surface area contributed by atoms with Crippen molar-refractivity contribution in [1.29, 1.82) is 0 Å². The highest BCUT2D eigenvalue weighted by molar-refractivity contribution is 7.47. The van der Waals surface area contributed by atoms with Gasteiger partial charge in [-0.3, -0.25) is 37.3 Å². The Morgan fingerprint density at radius 3 is 0.683 bits per heavy atom. The van der Waals surface area contributed by atoms with Crippen LogP contribution >= 0.6 is 15.6 Å². The molecule has 0 aliphatic heterocycles. The van der Waals surface area contributed by atoms with E-state index < -0.39 is 97.5 Å². The van der Waals surface area contributed by atoms with Crippen LogP contribution in [0.5, 0.6) is 0 Å². The quantitative estimate of drug-likeness (QED) is 0.0222. The normalized spacial score (nSPS) is 14.0. The molecule has 0 aliphatic carbocycles. The molecule has 19 heteroatoms. The third-order valence-corrected chi connectivity index (χ3v) is 22.3. The summed E-state index contributed by atoms with van der Waals surface area (Å²) < 4.78 is 68.8. The largest absolute Gasteiger partial charge is 0.472 e. The summed E-state index contributed by atoms with van der Waals surface area (Å²) in [5, 5.41) is 10.7. The Bertz CT molecular complexity index is 1980. The zero-order valence-electron chi connectivity index (χ0n) is 68.2. The van der Waals surface area contributed by atoms with E-state index in [0.717, 1.165) is 102 Å². The number of hydrogen-bond donors (Lipinski definition) is 3. The second kappa shape index (κ2) is 77.8. The van der Waals surface area contributed by atoms with Crippen molar-refractivity contribution in [2.45, 2.75) is 477 Å². The van der Waals surface area contributed by atoms with Gasteiger partial charge in [-0.15, -0.1) is 0 Å². The Hall–Kier alpha value is -1.94. The molecule has 0 bridgehead atoms. The van der Waals surface area contributed by atoms with Crippen LogP contribution in [0.4, 0.5) is 0 Å². The van der Waals surface area contributed by atoms with E-state index in [1.807, 2.05) is 0 Å². The molecule has 0 aromatic rings. The van der Waals surface area contributed by atoms with Crippen molar-refractivity contribution in [3.63, 3.8) is 0 Å². The minimum absolute atomic E-state index is 0.108. The molecule has 6 atom stereocenters. The van der Waals surface area contributed by atoms with Gasteiger partial charge >= 0.3 is 39.5 Å². The molecule has 0 rings (SSSR count). The third-order valence-electron chi connectivity index (χ3n) is 20.4. The minimum Gasteiger partial charge on any atom is -0.462 e. The van der Waals surface area contributed by atoms with Gasteiger partial charge in [-0.25, -0.2) is 9.13 Å². The Kier molecular flexibility index (Phi) is 76.3. The molecule has 0 aromatic carbocycles. The summed E-state index contributed by atoms with van der Waals surface area (Å²) in [6, 6.07) is 0. The van der Waals surface area contributed by atoms with Gasteiger partial charge in [-0.2, -0.15) is 0 Å². The fraction of sp³-hybridized carbons (Fsp3) is 0.953. The fourth-order valence-corrected chi connectivity index (χ4v) is 14.8. The zero-order valence-corrected chi connectivity index (χ0v) is 70.0. The minimum atomic E-state index is -4.96. The predicted octanol–water partition coefficient (Wildman–Crippen LogP) is 26.0. The van der Waals surface area contributed by atoms with Crippen LogP contribution in [-0.4, -0.2) is 96.7 Å². The van der Waals surface area contributed by atoms with Crippen molar-refractivity contribution in [3.05, 3.63) is 0 Å². The number of hydrogen-bond acceptors (Lipinski definition) is 15. The van der Waals surface area contributed by atoms with Crippen molar-refractivity contribution in [2.24, 2.45) is 5.92 Å². The van der Waals surface area contributed by atoms with E-state index in [1.54, 1.807) is 0 Å². The van der Waals surface area contributed by atoms with E-state index in [4.69, 9.17) is 37.0 Å². The number of carbonyl (C=O) groups is 4. The lowest BCUT2D eigenvalue weighted by molar-refractivity contribution is -0.161. The lowest BCUT2D eigenvalue weighted by Gasteiger charge is -2.21. The average Bonchev–Trinajstić information content (AvgIpc) is 0.907. The van der Waals surface area contributed by atoms with Crippen LogP contribution in [0, 0.1) is 5.92 Å². The van der Waals surface area contributed by atoms with Crippen molar-refractivity contribution >= 4 is 39.5 Å². The smallest absolute Gasteiger partial charge is 0.462 e. The highest BCUT2D eigenvalue weighted by Gasteiger charge is 2.30. The summed E-state index contributed by atoms with van der Waals surface area (Å²) in [7, 11) is -9.92. The van der Waals surface area contributed by atoms with Crippen molar-refractivity contribution in [3.8, 4) is 0 Å². The Morgan fingerprint density at radius 1 is 0.269 bits per heavy atom. The van der Waals surface area contributed by atoms with Crippen LogP contribution in [0.15, 0.2) is 0 Å². The molecule has 0 saturated heterocycles. The number of esters is 4. The van der Waals surface area contributed by atoms with Gasteiger partial charge in [0.1, 0.15) is 19.3 Å². The van der Waals surface area contributed by atoms with E-state index in [1.165, 1.54) is 276 Å². The first kappa shape index (κ1) is 102. The van der Waals surface area contributed by atoms with Crippen LogP contribution in [0.2, 0.25) is 0 Å². The maximum atomic E-state index is 13.1. The summed E-state index contributed by atoms with van der Waals surface area (Å²) in [5.74, 6) is -1.37. The zero-order chi connectivity index (χ0) is 76.2. The molecular weight excluding hydrogens is 1350 g/mol. The summed E-state index contributed by atoms with van der Waals surface area (Å²) in [6.45, 7) is 7.32. The van der Waals surface area contributed by atoms with Gasteiger partial charge < -0.3 is 33.8 Å². The molecule has 618 valence electrons. The first-order valence-corrected chi connectivity index (χ1v) is 47.2. The first-order chi connectivity index (χ1) is 50.6. The van der Waals surface area contributed by atoms with Gasteiger partial charge in [0.15, 0.2) is 12.2 Å². The number of aliphatic hydroxyl groups is 1. The standard InChI is InChI=1S/C85H166O17P2/c1-6-10-13-16-19-22-25-28-31-34-35-36-37-38-39-42-45-48-51-54-61-66-70-84(89)101-80(74-95-82(87)68-63-58-52-49-46-43-40-32-29-26-23-20-17-14-11-7-2)76-99-103(91,92)97-72-79(86)73-98-104(93,94)100-77-81(75-96-83(88)69-64-59-56-55-57-62-67-78(5)9-4)102-85(90)71-65-60-53-50-47-44-41-33-30-27-24-21-18-15-12-8-3/h78-81,86H,6-77H2,1-5H3,(H,91,92)(H,93,94)/t78?,79-,80-,81-/m1/s1. The van der Waals surface area contributed by atoms with Gasteiger partial charge in [-0.05, 0) is 31.6 Å². The van der Waals surface area contributed by atoms with Gasteiger partial charge in [0.25, 0.3) is 0 Å². The maximum Gasteiger partial charge on any atom is 0.472 e. The van der Waals surface area contributed by atoms with E-state index in [-0.39, 0.29) is 25.7 Å². The van der Waals surface area contributed by atoms with Crippen molar-refractivity contribution in [1.82, 2.24) is 0 Å². The number of rotatable bonds is 85. The van der Waals surface area contributed by atoms with Gasteiger partial charge in [0.2, 0.25) is 0 Å². The Balaban J connectivity index is 5.21. The molecule has 17 nitrogen and oxygen atoms in total. The van der Waals surface area contributed by atoms with Crippen LogP contribution in [0.25, 0.3) is 0 Å². The summed E-state index contributed by atoms with van der Waals surface area (Å²) in [5.41, 5.74) is 0.